The van der Waals surface area contributed by atoms with Crippen LogP contribution in [-0.4, -0.2) is 13.0 Å². The number of benzene rings is 2. The summed E-state index contributed by atoms with van der Waals surface area (Å²) in [5, 5.41) is 1.63. The molecule has 0 amide bonds. The number of unbranched alkanes of at least 4 members (excludes halogenated alkanes) is 14. The average molecular weight is 527 g/mol. The zero-order valence-electron chi connectivity index (χ0n) is 22.7. The minimum Gasteiger partial charge on any atom is -0.744 e. The fourth-order valence-corrected chi connectivity index (χ4v) is 5.74. The summed E-state index contributed by atoms with van der Waals surface area (Å²) in [6.07, 6.45) is 22.2. The third-order valence-electron chi connectivity index (χ3n) is 7.04. The fourth-order valence-electron chi connectivity index (χ4n) is 5.07. The van der Waals surface area contributed by atoms with Crippen molar-refractivity contribution >= 4 is 20.9 Å². The van der Waals surface area contributed by atoms with Gasteiger partial charge in [-0.1, -0.05) is 128 Å². The van der Waals surface area contributed by atoms with Crippen LogP contribution < -0.4 is 51.4 Å². The van der Waals surface area contributed by atoms with Gasteiger partial charge in [0.15, 0.2) is 0 Å². The van der Waals surface area contributed by atoms with Crippen LogP contribution >= 0.6 is 0 Å². The Labute approximate surface area is 258 Å². The summed E-state index contributed by atoms with van der Waals surface area (Å²) in [5.74, 6) is 0. The first-order chi connectivity index (χ1) is 16.5. The smallest absolute Gasteiger partial charge is 0.744 e. The number of rotatable bonds is 19. The van der Waals surface area contributed by atoms with Gasteiger partial charge >= 0.3 is 51.4 Å². The molecule has 0 spiro atoms. The summed E-state index contributed by atoms with van der Waals surface area (Å²) in [5.41, 5.74) is 2.40. The monoisotopic (exact) mass is 526 g/mol. The van der Waals surface area contributed by atoms with Gasteiger partial charge in [-0.15, -0.1) is 0 Å². The van der Waals surface area contributed by atoms with Crippen molar-refractivity contribution in [1.29, 1.82) is 0 Å². The Kier molecular flexibility index (Phi) is 18.4. The first kappa shape index (κ1) is 33.3. The summed E-state index contributed by atoms with van der Waals surface area (Å²) < 4.78 is 35.8. The van der Waals surface area contributed by atoms with E-state index in [-0.39, 0.29) is 56.3 Å². The van der Waals surface area contributed by atoms with E-state index in [4.69, 9.17) is 0 Å². The van der Waals surface area contributed by atoms with Crippen molar-refractivity contribution in [3.63, 3.8) is 0 Å². The first-order valence-corrected chi connectivity index (χ1v) is 15.4. The van der Waals surface area contributed by atoms with E-state index in [1.807, 2.05) is 18.2 Å². The number of hydrogen-bond acceptors (Lipinski definition) is 3. The van der Waals surface area contributed by atoms with E-state index >= 15 is 0 Å². The summed E-state index contributed by atoms with van der Waals surface area (Å²) >= 11 is 0. The zero-order valence-corrected chi connectivity index (χ0v) is 26.7. The predicted octanol–water partition coefficient (Wildman–Crippen LogP) is 6.11. The molecule has 3 nitrogen and oxygen atoms in total. The van der Waals surface area contributed by atoms with Crippen molar-refractivity contribution < 1.29 is 64.4 Å². The van der Waals surface area contributed by atoms with Crippen LogP contribution in [0.15, 0.2) is 35.2 Å². The SMILES string of the molecule is CCCCCCCCCCc1cccc2c(S(=O)(=O)[O-])ccc(CCCCCCCCCC)c12.[K+]. The Morgan fingerprint density at radius 2 is 1.03 bits per heavy atom. The van der Waals surface area contributed by atoms with Gasteiger partial charge in [-0.25, -0.2) is 8.42 Å². The van der Waals surface area contributed by atoms with Gasteiger partial charge in [0.25, 0.3) is 0 Å². The van der Waals surface area contributed by atoms with Gasteiger partial charge in [0, 0.05) is 0 Å². The molecular formula is C30H47KO3S. The molecule has 0 bridgehead atoms. The van der Waals surface area contributed by atoms with Crippen LogP contribution in [0.2, 0.25) is 0 Å². The van der Waals surface area contributed by atoms with E-state index in [1.165, 1.54) is 107 Å². The molecule has 5 heteroatoms. The van der Waals surface area contributed by atoms with Crippen LogP contribution in [0.4, 0.5) is 0 Å². The Morgan fingerprint density at radius 3 is 1.49 bits per heavy atom. The fraction of sp³-hybridized carbons (Fsp3) is 0.667. The molecule has 0 aliphatic heterocycles. The molecule has 0 saturated carbocycles. The molecule has 0 saturated heterocycles. The van der Waals surface area contributed by atoms with Crippen LogP contribution in [0.1, 0.15) is 128 Å². The van der Waals surface area contributed by atoms with E-state index in [0.717, 1.165) is 31.1 Å². The van der Waals surface area contributed by atoms with Gasteiger partial charge in [-0.2, -0.15) is 0 Å². The van der Waals surface area contributed by atoms with Crippen LogP contribution in [-0.2, 0) is 23.0 Å². The summed E-state index contributed by atoms with van der Waals surface area (Å²) in [7, 11) is -4.49. The van der Waals surface area contributed by atoms with E-state index in [1.54, 1.807) is 0 Å². The molecule has 0 aliphatic carbocycles. The molecule has 0 aromatic heterocycles. The number of hydrogen-bond donors (Lipinski definition) is 0. The van der Waals surface area contributed by atoms with Crippen molar-refractivity contribution in [3.8, 4) is 0 Å². The van der Waals surface area contributed by atoms with Gasteiger partial charge in [-0.3, -0.25) is 0 Å². The Morgan fingerprint density at radius 1 is 0.600 bits per heavy atom. The molecule has 0 atom stereocenters. The molecule has 2 rings (SSSR count). The maximum Gasteiger partial charge on any atom is 1.00 e. The second-order valence-corrected chi connectivity index (χ2v) is 11.3. The van der Waals surface area contributed by atoms with Crippen LogP contribution in [0, 0.1) is 0 Å². The third-order valence-corrected chi connectivity index (χ3v) is 7.94. The zero-order chi connectivity index (χ0) is 24.7. The number of fused-ring (bicyclic) bond motifs is 1. The van der Waals surface area contributed by atoms with Crippen LogP contribution in [0.25, 0.3) is 10.8 Å². The summed E-state index contributed by atoms with van der Waals surface area (Å²) in [6.45, 7) is 4.49. The summed E-state index contributed by atoms with van der Waals surface area (Å²) in [4.78, 5) is -0.0695. The van der Waals surface area contributed by atoms with E-state index < -0.39 is 10.1 Å². The van der Waals surface area contributed by atoms with Gasteiger partial charge in [-0.05, 0) is 53.6 Å². The predicted molar refractivity (Wildman–Crippen MR) is 145 cm³/mol. The second kappa shape index (κ2) is 19.3. The minimum atomic E-state index is -4.49. The van der Waals surface area contributed by atoms with E-state index in [2.05, 4.69) is 19.9 Å². The molecule has 0 fully saturated rings. The van der Waals surface area contributed by atoms with Crippen molar-refractivity contribution in [2.24, 2.45) is 0 Å². The molecule has 0 N–H and O–H groups in total. The topological polar surface area (TPSA) is 57.2 Å². The molecular weight excluding hydrogens is 479 g/mol. The van der Waals surface area contributed by atoms with Gasteiger partial charge in [0.1, 0.15) is 10.1 Å². The van der Waals surface area contributed by atoms with Crippen LogP contribution in [0.5, 0.6) is 0 Å². The van der Waals surface area contributed by atoms with Gasteiger partial charge < -0.3 is 4.55 Å². The molecule has 35 heavy (non-hydrogen) atoms. The van der Waals surface area contributed by atoms with E-state index in [9.17, 15) is 13.0 Å². The molecule has 0 aliphatic rings. The third kappa shape index (κ3) is 12.6. The largest absolute Gasteiger partial charge is 1.00 e. The maximum atomic E-state index is 11.9. The average Bonchev–Trinajstić information content (AvgIpc) is 2.81. The van der Waals surface area contributed by atoms with Gasteiger partial charge in [0.05, 0.1) is 4.90 Å². The van der Waals surface area contributed by atoms with Crippen molar-refractivity contribution in [3.05, 3.63) is 41.5 Å². The van der Waals surface area contributed by atoms with Crippen molar-refractivity contribution in [2.45, 2.75) is 134 Å². The van der Waals surface area contributed by atoms with Crippen molar-refractivity contribution in [1.82, 2.24) is 0 Å². The standard InChI is InChI=1S/C30H48O3S.K/c1-3-5-7-9-11-13-15-17-20-26-22-19-23-28-29(34(31,32)33)25-24-27(30(26)28)21-18-16-14-12-10-8-6-4-2;/h19,22-25H,3-18,20-21H2,1-2H3,(H,31,32,33);/q;+1/p-1. The summed E-state index contributed by atoms with van der Waals surface area (Å²) in [6, 6.07) is 9.28. The quantitative estimate of drug-likeness (QED) is 0.126. The Bertz CT molecular complexity index is 914. The molecule has 0 radical (unpaired) electrons. The van der Waals surface area contributed by atoms with Gasteiger partial charge in [0.2, 0.25) is 0 Å². The normalized spacial score (nSPS) is 11.6. The molecule has 0 heterocycles. The Hall–Kier alpha value is 0.246. The number of aryl methyl sites for hydroxylation is 2. The van der Waals surface area contributed by atoms with E-state index in [0.29, 0.717) is 5.39 Å². The molecule has 2 aromatic rings. The second-order valence-electron chi connectivity index (χ2n) is 9.97. The molecule has 0 unspecified atom stereocenters. The van der Waals surface area contributed by atoms with Crippen molar-refractivity contribution in [2.75, 3.05) is 0 Å². The van der Waals surface area contributed by atoms with Crippen LogP contribution in [0.3, 0.4) is 0 Å². The maximum absolute atomic E-state index is 11.9. The molecule has 2 aromatic carbocycles. The minimum absolute atomic E-state index is 0. The Balaban J connectivity index is 0.00000612. The first-order valence-electron chi connectivity index (χ1n) is 14.0. The molecule has 192 valence electrons.